The maximum absolute atomic E-state index is 12.5. The minimum absolute atomic E-state index is 0.0732. The topological polar surface area (TPSA) is 84.0 Å². The molecule has 0 saturated heterocycles. The second-order valence-corrected chi connectivity index (χ2v) is 7.31. The summed E-state index contributed by atoms with van der Waals surface area (Å²) in [5, 5.41) is 13.7. The summed E-state index contributed by atoms with van der Waals surface area (Å²) in [5.74, 6) is 0.0302. The summed E-state index contributed by atoms with van der Waals surface area (Å²) in [6.07, 6.45) is 10.5. The lowest BCUT2D eigenvalue weighted by molar-refractivity contribution is -0.126. The van der Waals surface area contributed by atoms with E-state index in [1.165, 1.54) is 18.0 Å². The van der Waals surface area contributed by atoms with Crippen molar-refractivity contribution in [3.8, 4) is 0 Å². The molecule has 1 aromatic rings. The number of hydrogen-bond donors (Lipinski definition) is 2. The number of rotatable bonds is 5. The van der Waals surface area contributed by atoms with Crippen LogP contribution < -0.4 is 10.6 Å². The Labute approximate surface area is 148 Å². The van der Waals surface area contributed by atoms with Crippen molar-refractivity contribution in [2.75, 3.05) is 6.54 Å². The first-order chi connectivity index (χ1) is 12.1. The van der Waals surface area contributed by atoms with Crippen molar-refractivity contribution in [2.45, 2.75) is 56.9 Å². The van der Waals surface area contributed by atoms with Gasteiger partial charge in [-0.1, -0.05) is 25.0 Å². The molecule has 3 rings (SSSR count). The van der Waals surface area contributed by atoms with E-state index in [4.69, 9.17) is 0 Å². The number of allylic oxidation sites excluding steroid dienone is 1. The molecule has 6 heteroatoms. The fourth-order valence-electron chi connectivity index (χ4n) is 3.82. The maximum Gasteiger partial charge on any atom is 0.253 e. The van der Waals surface area contributed by atoms with Crippen LogP contribution in [0.25, 0.3) is 0 Å². The average Bonchev–Trinajstić information content (AvgIpc) is 3.10. The predicted octanol–water partition coefficient (Wildman–Crippen LogP) is 2.38. The van der Waals surface area contributed by atoms with Gasteiger partial charge in [-0.3, -0.25) is 9.59 Å². The minimum atomic E-state index is -0.353. The van der Waals surface area contributed by atoms with Crippen LogP contribution in [-0.2, 0) is 4.79 Å². The molecule has 1 heterocycles. The Balaban J connectivity index is 1.58. The van der Waals surface area contributed by atoms with Crippen LogP contribution in [0.15, 0.2) is 30.6 Å². The van der Waals surface area contributed by atoms with Crippen LogP contribution in [0.2, 0.25) is 0 Å². The molecule has 0 aliphatic heterocycles. The molecule has 0 bridgehead atoms. The molecule has 1 aromatic heterocycles. The molecule has 0 atom stereocenters. The number of carbonyl (C=O) groups excluding carboxylic acids is 2. The number of nitrogens with one attached hydrogen (secondary N) is 2. The summed E-state index contributed by atoms with van der Waals surface area (Å²) in [4.78, 5) is 25.0. The van der Waals surface area contributed by atoms with Crippen LogP contribution in [-0.4, -0.2) is 34.1 Å². The molecule has 25 heavy (non-hydrogen) atoms. The van der Waals surface area contributed by atoms with Crippen molar-refractivity contribution in [3.05, 3.63) is 36.2 Å². The molecular formula is C19H26N4O2. The second kappa shape index (κ2) is 7.76. The first kappa shape index (κ1) is 17.6. The number of hydrogen-bond acceptors (Lipinski definition) is 4. The lowest BCUT2D eigenvalue weighted by atomic mass is 9.86. The monoisotopic (exact) mass is 342 g/mol. The van der Waals surface area contributed by atoms with Gasteiger partial charge in [0.05, 0.1) is 23.5 Å². The molecule has 134 valence electrons. The van der Waals surface area contributed by atoms with Gasteiger partial charge in [-0.15, -0.1) is 0 Å². The Morgan fingerprint density at radius 2 is 1.92 bits per heavy atom. The molecule has 2 N–H and O–H groups in total. The maximum atomic E-state index is 12.5. The summed E-state index contributed by atoms with van der Waals surface area (Å²) >= 11 is 0. The van der Waals surface area contributed by atoms with E-state index in [0.717, 1.165) is 51.4 Å². The van der Waals surface area contributed by atoms with Crippen LogP contribution in [0.5, 0.6) is 0 Å². The average molecular weight is 342 g/mol. The lowest BCUT2D eigenvalue weighted by Crippen LogP contribution is -2.54. The molecule has 6 nitrogen and oxygen atoms in total. The zero-order valence-corrected chi connectivity index (χ0v) is 14.6. The van der Waals surface area contributed by atoms with Crippen LogP contribution >= 0.6 is 0 Å². The molecule has 2 amide bonds. The van der Waals surface area contributed by atoms with E-state index in [1.54, 1.807) is 6.07 Å². The van der Waals surface area contributed by atoms with Gasteiger partial charge in [0, 0.05) is 12.5 Å². The van der Waals surface area contributed by atoms with E-state index >= 15 is 0 Å². The Bertz CT molecular complexity index is 628. The summed E-state index contributed by atoms with van der Waals surface area (Å²) < 4.78 is 0. The molecule has 0 aromatic carbocycles. The highest BCUT2D eigenvalue weighted by Gasteiger charge is 2.36. The third-order valence-corrected chi connectivity index (χ3v) is 5.45. The van der Waals surface area contributed by atoms with E-state index in [1.807, 2.05) is 0 Å². The van der Waals surface area contributed by atoms with Crippen LogP contribution in [0.4, 0.5) is 0 Å². The van der Waals surface area contributed by atoms with Gasteiger partial charge in [0.2, 0.25) is 5.91 Å². The fraction of sp³-hybridized carbons (Fsp3) is 0.579. The second-order valence-electron chi connectivity index (χ2n) is 7.31. The molecule has 2 fully saturated rings. The van der Waals surface area contributed by atoms with Crippen molar-refractivity contribution in [1.29, 1.82) is 0 Å². The summed E-state index contributed by atoms with van der Waals surface area (Å²) in [7, 11) is 0. The van der Waals surface area contributed by atoms with Gasteiger partial charge in [-0.25, -0.2) is 0 Å². The zero-order chi connectivity index (χ0) is 17.7. The van der Waals surface area contributed by atoms with Crippen LogP contribution in [0.3, 0.4) is 0 Å². The summed E-state index contributed by atoms with van der Waals surface area (Å²) in [6, 6.07) is 1.65. The van der Waals surface area contributed by atoms with Gasteiger partial charge in [0.1, 0.15) is 0 Å². The normalized spacial score (nSPS) is 20.2. The third kappa shape index (κ3) is 4.44. The molecule has 0 spiro atoms. The largest absolute Gasteiger partial charge is 0.354 e. The first-order valence-electron chi connectivity index (χ1n) is 9.12. The van der Waals surface area contributed by atoms with Crippen LogP contribution in [0.1, 0.15) is 61.7 Å². The predicted molar refractivity (Wildman–Crippen MR) is 94.8 cm³/mol. The minimum Gasteiger partial charge on any atom is -0.354 e. The Morgan fingerprint density at radius 1 is 1.20 bits per heavy atom. The number of amides is 2. The van der Waals surface area contributed by atoms with Crippen molar-refractivity contribution in [3.63, 3.8) is 0 Å². The van der Waals surface area contributed by atoms with Crippen molar-refractivity contribution < 1.29 is 9.59 Å². The standard InChI is InChI=1S/C19H26N4O2/c1-14-4-6-15(7-5-14)17(24)20-13-19(9-2-3-10-19)23-18(25)16-8-11-21-22-12-16/h8,11-12,15H,1-7,9-10,13H2,(H,20,24)(H,23,25). The van der Waals surface area contributed by atoms with E-state index in [2.05, 4.69) is 27.4 Å². The fourth-order valence-corrected chi connectivity index (χ4v) is 3.82. The number of nitrogens with zero attached hydrogens (tertiary/aromatic N) is 2. The smallest absolute Gasteiger partial charge is 0.253 e. The highest BCUT2D eigenvalue weighted by molar-refractivity contribution is 5.94. The van der Waals surface area contributed by atoms with E-state index in [9.17, 15) is 9.59 Å². The Kier molecular flexibility index (Phi) is 5.46. The quantitative estimate of drug-likeness (QED) is 0.805. The Hall–Kier alpha value is -2.24. The SMILES string of the molecule is C=C1CCC(C(=O)NCC2(NC(=O)c3ccnnc3)CCCC2)CC1. The third-order valence-electron chi connectivity index (χ3n) is 5.45. The summed E-state index contributed by atoms with van der Waals surface area (Å²) in [5.41, 5.74) is 1.39. The highest BCUT2D eigenvalue weighted by Crippen LogP contribution is 2.30. The van der Waals surface area contributed by atoms with E-state index in [0.29, 0.717) is 12.1 Å². The summed E-state index contributed by atoms with van der Waals surface area (Å²) in [6.45, 7) is 4.49. The Morgan fingerprint density at radius 3 is 2.56 bits per heavy atom. The molecule has 2 aliphatic carbocycles. The van der Waals surface area contributed by atoms with Crippen molar-refractivity contribution in [2.24, 2.45) is 5.92 Å². The van der Waals surface area contributed by atoms with Gasteiger partial charge in [-0.2, -0.15) is 10.2 Å². The van der Waals surface area contributed by atoms with Gasteiger partial charge in [0.25, 0.3) is 5.91 Å². The van der Waals surface area contributed by atoms with Gasteiger partial charge >= 0.3 is 0 Å². The highest BCUT2D eigenvalue weighted by atomic mass is 16.2. The molecule has 2 saturated carbocycles. The van der Waals surface area contributed by atoms with Gasteiger partial charge in [-0.05, 0) is 44.6 Å². The number of carbonyl (C=O) groups is 2. The van der Waals surface area contributed by atoms with Crippen molar-refractivity contribution >= 4 is 11.8 Å². The molecule has 2 aliphatic rings. The van der Waals surface area contributed by atoms with Crippen LogP contribution in [0, 0.1) is 5.92 Å². The van der Waals surface area contributed by atoms with E-state index in [-0.39, 0.29) is 23.3 Å². The molecular weight excluding hydrogens is 316 g/mol. The van der Waals surface area contributed by atoms with E-state index < -0.39 is 0 Å². The van der Waals surface area contributed by atoms with Crippen molar-refractivity contribution in [1.82, 2.24) is 20.8 Å². The number of aromatic nitrogens is 2. The van der Waals surface area contributed by atoms with Gasteiger partial charge < -0.3 is 10.6 Å². The lowest BCUT2D eigenvalue weighted by Gasteiger charge is -2.32. The zero-order valence-electron chi connectivity index (χ0n) is 14.6. The first-order valence-corrected chi connectivity index (χ1v) is 9.12. The molecule has 0 radical (unpaired) electrons. The molecule has 0 unspecified atom stereocenters. The van der Waals surface area contributed by atoms with Gasteiger partial charge in [0.15, 0.2) is 0 Å².